The van der Waals surface area contributed by atoms with Crippen LogP contribution in [-0.4, -0.2) is 34.7 Å². The fourth-order valence-electron chi connectivity index (χ4n) is 2.71. The van der Waals surface area contributed by atoms with Crippen LogP contribution in [0.5, 0.6) is 0 Å². The van der Waals surface area contributed by atoms with Gasteiger partial charge in [-0.3, -0.25) is 9.59 Å². The number of allylic oxidation sites excluding steroid dienone is 2. The number of carbonyl (C=O) groups excluding carboxylic acids is 1. The molecule has 5 heteroatoms. The summed E-state index contributed by atoms with van der Waals surface area (Å²) in [5.74, 6) is -2.24. The van der Waals surface area contributed by atoms with Crippen LogP contribution >= 0.6 is 0 Å². The van der Waals surface area contributed by atoms with Gasteiger partial charge in [-0.05, 0) is 18.8 Å². The molecule has 0 spiro atoms. The molecule has 3 atom stereocenters. The Morgan fingerprint density at radius 2 is 1.75 bits per heavy atom. The van der Waals surface area contributed by atoms with Crippen molar-refractivity contribution >= 4 is 11.9 Å². The van der Waals surface area contributed by atoms with Gasteiger partial charge in [-0.25, -0.2) is 0 Å². The highest BCUT2D eigenvalue weighted by atomic mass is 16.4. The highest BCUT2D eigenvalue weighted by Crippen LogP contribution is 2.26. The number of carboxylic acid groups (broad SMARTS) is 1. The Kier molecular flexibility index (Phi) is 6.71. The molecule has 5 nitrogen and oxygen atoms in total. The number of hydrogen-bond donors (Lipinski definition) is 3. The van der Waals surface area contributed by atoms with Gasteiger partial charge in [-0.15, -0.1) is 0 Å². The number of aliphatic hydroxyl groups excluding tert-OH is 1. The van der Waals surface area contributed by atoms with Crippen LogP contribution in [0.1, 0.15) is 39.5 Å². The zero-order valence-corrected chi connectivity index (χ0v) is 12.2. The molecule has 0 radical (unpaired) electrons. The third kappa shape index (κ3) is 4.34. The minimum atomic E-state index is -0.935. The Morgan fingerprint density at radius 3 is 2.25 bits per heavy atom. The summed E-state index contributed by atoms with van der Waals surface area (Å²) in [7, 11) is 0. The van der Waals surface area contributed by atoms with Crippen molar-refractivity contribution in [1.29, 1.82) is 0 Å². The second-order valence-corrected chi connectivity index (χ2v) is 5.38. The topological polar surface area (TPSA) is 86.6 Å². The molecule has 20 heavy (non-hydrogen) atoms. The first-order chi connectivity index (χ1) is 9.51. The first-order valence-corrected chi connectivity index (χ1v) is 7.34. The molecule has 0 aromatic rings. The van der Waals surface area contributed by atoms with Crippen molar-refractivity contribution in [3.8, 4) is 0 Å². The monoisotopic (exact) mass is 283 g/mol. The molecule has 0 fully saturated rings. The lowest BCUT2D eigenvalue weighted by Crippen LogP contribution is -2.43. The molecule has 0 bridgehead atoms. The van der Waals surface area contributed by atoms with Crippen molar-refractivity contribution < 1.29 is 19.8 Å². The van der Waals surface area contributed by atoms with Gasteiger partial charge in [-0.2, -0.15) is 0 Å². The van der Waals surface area contributed by atoms with Crippen LogP contribution in [0.2, 0.25) is 0 Å². The van der Waals surface area contributed by atoms with E-state index in [0.717, 1.165) is 12.8 Å². The molecule has 1 rings (SSSR count). The van der Waals surface area contributed by atoms with Crippen molar-refractivity contribution in [2.24, 2.45) is 17.8 Å². The maximum Gasteiger partial charge on any atom is 0.307 e. The first kappa shape index (κ1) is 16.7. The summed E-state index contributed by atoms with van der Waals surface area (Å²) in [6.07, 6.45) is 5.64. The van der Waals surface area contributed by atoms with E-state index in [9.17, 15) is 14.7 Å². The van der Waals surface area contributed by atoms with Crippen LogP contribution in [0.4, 0.5) is 0 Å². The first-order valence-electron chi connectivity index (χ1n) is 7.34. The van der Waals surface area contributed by atoms with E-state index in [4.69, 9.17) is 5.11 Å². The van der Waals surface area contributed by atoms with Gasteiger partial charge < -0.3 is 15.5 Å². The van der Waals surface area contributed by atoms with Gasteiger partial charge in [0.05, 0.1) is 17.9 Å². The molecule has 0 heterocycles. The number of amides is 1. The van der Waals surface area contributed by atoms with Gasteiger partial charge in [0.25, 0.3) is 0 Å². The number of rotatable bonds is 7. The van der Waals surface area contributed by atoms with Gasteiger partial charge in [0.2, 0.25) is 5.91 Å². The Bertz CT molecular complexity index is 363. The van der Waals surface area contributed by atoms with Crippen molar-refractivity contribution in [1.82, 2.24) is 5.32 Å². The third-order valence-electron chi connectivity index (χ3n) is 4.16. The smallest absolute Gasteiger partial charge is 0.307 e. The average molecular weight is 283 g/mol. The fraction of sp³-hybridized carbons (Fsp3) is 0.733. The Hall–Kier alpha value is -1.36. The maximum atomic E-state index is 12.1. The predicted molar refractivity (Wildman–Crippen MR) is 76.1 cm³/mol. The van der Waals surface area contributed by atoms with Crippen molar-refractivity contribution in [3.05, 3.63) is 12.2 Å². The molecular weight excluding hydrogens is 258 g/mol. The molecule has 0 saturated carbocycles. The van der Waals surface area contributed by atoms with E-state index in [0.29, 0.717) is 12.8 Å². The van der Waals surface area contributed by atoms with Crippen LogP contribution in [0.3, 0.4) is 0 Å². The quantitative estimate of drug-likeness (QED) is 0.619. The highest BCUT2D eigenvalue weighted by Gasteiger charge is 2.34. The maximum absolute atomic E-state index is 12.1. The minimum Gasteiger partial charge on any atom is -0.481 e. The van der Waals surface area contributed by atoms with Gasteiger partial charge in [0.1, 0.15) is 0 Å². The standard InChI is InChI=1S/C15H25NO4/c1-3-10(4-2)13(17)9-16-14(18)11-7-5-6-8-12(11)15(19)20/h5-6,10-13,17H,3-4,7-9H2,1-2H3,(H,16,18)(H,19,20)/t11-,12+,13?/m1/s1. The summed E-state index contributed by atoms with van der Waals surface area (Å²) in [5.41, 5.74) is 0. The third-order valence-corrected chi connectivity index (χ3v) is 4.16. The Labute approximate surface area is 120 Å². The molecule has 0 aliphatic heterocycles. The van der Waals surface area contributed by atoms with Crippen molar-refractivity contribution in [2.75, 3.05) is 6.54 Å². The van der Waals surface area contributed by atoms with E-state index in [1.807, 2.05) is 26.0 Å². The molecule has 0 aromatic carbocycles. The normalized spacial score (nSPS) is 23.6. The largest absolute Gasteiger partial charge is 0.481 e. The molecule has 0 aromatic heterocycles. The Balaban J connectivity index is 2.53. The van der Waals surface area contributed by atoms with E-state index in [-0.39, 0.29) is 18.4 Å². The minimum absolute atomic E-state index is 0.164. The summed E-state index contributed by atoms with van der Waals surface area (Å²) in [4.78, 5) is 23.2. The number of carbonyl (C=O) groups is 2. The number of aliphatic carboxylic acids is 1. The molecule has 114 valence electrons. The number of carboxylic acids is 1. The number of hydrogen-bond acceptors (Lipinski definition) is 3. The van der Waals surface area contributed by atoms with Gasteiger partial charge in [0.15, 0.2) is 0 Å². The molecule has 0 saturated heterocycles. The summed E-state index contributed by atoms with van der Waals surface area (Å²) >= 11 is 0. The summed E-state index contributed by atoms with van der Waals surface area (Å²) < 4.78 is 0. The summed E-state index contributed by atoms with van der Waals surface area (Å²) in [6, 6.07) is 0. The summed E-state index contributed by atoms with van der Waals surface area (Å²) in [6.45, 7) is 4.20. The average Bonchev–Trinajstić information content (AvgIpc) is 2.46. The van der Waals surface area contributed by atoms with Crippen molar-refractivity contribution in [2.45, 2.75) is 45.6 Å². The zero-order chi connectivity index (χ0) is 15.1. The van der Waals surface area contributed by atoms with Crippen LogP contribution in [0, 0.1) is 17.8 Å². The van der Waals surface area contributed by atoms with Gasteiger partial charge in [0, 0.05) is 6.54 Å². The molecule has 1 unspecified atom stereocenters. The van der Waals surface area contributed by atoms with E-state index < -0.39 is 23.9 Å². The molecule has 3 N–H and O–H groups in total. The lowest BCUT2D eigenvalue weighted by molar-refractivity contribution is -0.147. The lowest BCUT2D eigenvalue weighted by atomic mass is 9.82. The van der Waals surface area contributed by atoms with Crippen molar-refractivity contribution in [3.63, 3.8) is 0 Å². The van der Waals surface area contributed by atoms with E-state index in [2.05, 4.69) is 5.32 Å². The second kappa shape index (κ2) is 8.04. The molecule has 1 aliphatic rings. The molecular formula is C15H25NO4. The zero-order valence-electron chi connectivity index (χ0n) is 12.2. The Morgan fingerprint density at radius 1 is 1.20 bits per heavy atom. The van der Waals surface area contributed by atoms with E-state index in [1.165, 1.54) is 0 Å². The second-order valence-electron chi connectivity index (χ2n) is 5.38. The SMILES string of the molecule is CCC(CC)C(O)CNC(=O)[C@@H]1CC=CC[C@@H]1C(=O)O. The predicted octanol–water partition coefficient (Wildman–Crippen LogP) is 1.57. The molecule has 1 amide bonds. The summed E-state index contributed by atoms with van der Waals surface area (Å²) in [5, 5.41) is 21.8. The van der Waals surface area contributed by atoms with Crippen LogP contribution < -0.4 is 5.32 Å². The van der Waals surface area contributed by atoms with E-state index >= 15 is 0 Å². The fourth-order valence-corrected chi connectivity index (χ4v) is 2.71. The van der Waals surface area contributed by atoms with Gasteiger partial charge in [-0.1, -0.05) is 38.8 Å². The highest BCUT2D eigenvalue weighted by molar-refractivity contribution is 5.85. The molecule has 1 aliphatic carbocycles. The number of nitrogens with one attached hydrogen (secondary N) is 1. The lowest BCUT2D eigenvalue weighted by Gasteiger charge is -2.26. The van der Waals surface area contributed by atoms with Crippen LogP contribution in [-0.2, 0) is 9.59 Å². The van der Waals surface area contributed by atoms with Crippen LogP contribution in [0.25, 0.3) is 0 Å². The van der Waals surface area contributed by atoms with Gasteiger partial charge >= 0.3 is 5.97 Å². The van der Waals surface area contributed by atoms with E-state index in [1.54, 1.807) is 0 Å². The number of aliphatic hydroxyl groups is 1. The van der Waals surface area contributed by atoms with Crippen LogP contribution in [0.15, 0.2) is 12.2 Å².